The molecule has 0 radical (unpaired) electrons. The van der Waals surface area contributed by atoms with Crippen molar-refractivity contribution in [1.29, 1.82) is 0 Å². The van der Waals surface area contributed by atoms with Crippen LogP contribution in [-0.2, 0) is 9.53 Å². The van der Waals surface area contributed by atoms with E-state index in [0.717, 1.165) is 5.56 Å². The van der Waals surface area contributed by atoms with Crippen molar-refractivity contribution in [1.82, 2.24) is 10.6 Å². The molecule has 1 heterocycles. The molecule has 2 amide bonds. The van der Waals surface area contributed by atoms with Crippen LogP contribution in [-0.4, -0.2) is 35.6 Å². The number of halogens is 3. The molecule has 0 aliphatic carbocycles. The third kappa shape index (κ3) is 3.16. The van der Waals surface area contributed by atoms with Crippen molar-refractivity contribution in [2.24, 2.45) is 5.92 Å². The van der Waals surface area contributed by atoms with Gasteiger partial charge in [0.05, 0.1) is 12.6 Å². The number of carbonyl (C=O) groups excluding carboxylic acids is 2. The molecular formula is C15H17F3N2O4. The normalized spacial score (nSPS) is 27.2. The zero-order valence-corrected chi connectivity index (χ0v) is 13.0. The summed E-state index contributed by atoms with van der Waals surface area (Å²) in [5.41, 5.74) is -2.65. The van der Waals surface area contributed by atoms with Crippen molar-refractivity contribution < 1.29 is 32.6 Å². The fourth-order valence-corrected chi connectivity index (χ4v) is 2.59. The zero-order valence-electron chi connectivity index (χ0n) is 13.0. The number of benzene rings is 1. The summed E-state index contributed by atoms with van der Waals surface area (Å²) < 4.78 is 44.9. The third-order valence-electron chi connectivity index (χ3n) is 3.78. The van der Waals surface area contributed by atoms with Gasteiger partial charge in [0.1, 0.15) is 5.92 Å². The smallest absolute Gasteiger partial charge is 0.437 e. The summed E-state index contributed by atoms with van der Waals surface area (Å²) >= 11 is 0. The van der Waals surface area contributed by atoms with Crippen LogP contribution >= 0.6 is 0 Å². The van der Waals surface area contributed by atoms with E-state index in [9.17, 15) is 27.9 Å². The Hall–Kier alpha value is -2.29. The summed E-state index contributed by atoms with van der Waals surface area (Å²) in [6.45, 7) is 3.04. The topological polar surface area (TPSA) is 87.7 Å². The van der Waals surface area contributed by atoms with Crippen molar-refractivity contribution in [2.75, 3.05) is 6.61 Å². The predicted molar refractivity (Wildman–Crippen MR) is 76.7 cm³/mol. The lowest BCUT2D eigenvalue weighted by atomic mass is 9.82. The second-order valence-electron chi connectivity index (χ2n) is 5.48. The first-order valence-corrected chi connectivity index (χ1v) is 7.21. The summed E-state index contributed by atoms with van der Waals surface area (Å²) in [6.07, 6.45) is -5.27. The average molecular weight is 346 g/mol. The van der Waals surface area contributed by atoms with E-state index in [-0.39, 0.29) is 12.2 Å². The molecule has 0 aromatic heterocycles. The highest BCUT2D eigenvalue weighted by Gasteiger charge is 2.67. The number of aliphatic hydroxyl groups is 1. The molecule has 1 fully saturated rings. The van der Waals surface area contributed by atoms with Gasteiger partial charge in [-0.15, -0.1) is 0 Å². The Balaban J connectivity index is 2.55. The molecule has 132 valence electrons. The largest absolute Gasteiger partial charge is 0.466 e. The molecule has 1 aromatic carbocycles. The van der Waals surface area contributed by atoms with E-state index in [2.05, 4.69) is 5.32 Å². The maximum absolute atomic E-state index is 13.4. The first kappa shape index (κ1) is 18.1. The third-order valence-corrected chi connectivity index (χ3v) is 3.78. The van der Waals surface area contributed by atoms with Gasteiger partial charge in [-0.25, -0.2) is 4.79 Å². The van der Waals surface area contributed by atoms with Crippen LogP contribution in [0.1, 0.15) is 24.1 Å². The van der Waals surface area contributed by atoms with E-state index in [1.165, 1.54) is 24.4 Å². The molecule has 0 spiro atoms. The van der Waals surface area contributed by atoms with E-state index in [4.69, 9.17) is 4.74 Å². The Morgan fingerprint density at radius 2 is 1.92 bits per heavy atom. The molecule has 2 rings (SSSR count). The standard InChI is InChI=1S/C15H17F3N2O4/c1-3-24-12(21)10-11(9-6-4-8(2)5-7-9)19-13(22)20-14(10,23)15(16,17)18/h4-7,10-11,23H,3H2,1-2H3,(H2,19,20,22)/t10-,11+,14-/m0/s1. The summed E-state index contributed by atoms with van der Waals surface area (Å²) in [6, 6.07) is 3.57. The van der Waals surface area contributed by atoms with Crippen LogP contribution in [0.25, 0.3) is 0 Å². The number of rotatable bonds is 3. The Labute approximate surface area is 136 Å². The van der Waals surface area contributed by atoms with Crippen LogP contribution in [0.4, 0.5) is 18.0 Å². The minimum Gasteiger partial charge on any atom is -0.466 e. The quantitative estimate of drug-likeness (QED) is 0.728. The number of amides is 2. The van der Waals surface area contributed by atoms with E-state index in [1.807, 2.05) is 0 Å². The highest BCUT2D eigenvalue weighted by molar-refractivity contribution is 5.83. The number of urea groups is 1. The van der Waals surface area contributed by atoms with Crippen molar-refractivity contribution in [2.45, 2.75) is 31.8 Å². The van der Waals surface area contributed by atoms with E-state index in [0.29, 0.717) is 0 Å². The van der Waals surface area contributed by atoms with Gasteiger partial charge in [0, 0.05) is 0 Å². The molecule has 3 N–H and O–H groups in total. The molecule has 3 atom stereocenters. The maximum Gasteiger partial charge on any atom is 0.437 e. The van der Waals surface area contributed by atoms with Gasteiger partial charge in [0.2, 0.25) is 0 Å². The number of hydrogen-bond donors (Lipinski definition) is 3. The molecule has 0 unspecified atom stereocenters. The molecule has 1 saturated heterocycles. The minimum absolute atomic E-state index is 0.169. The van der Waals surface area contributed by atoms with Crippen LogP contribution in [0.15, 0.2) is 24.3 Å². The lowest BCUT2D eigenvalue weighted by molar-refractivity contribution is -0.294. The SMILES string of the molecule is CCOC(=O)[C@@H]1[C@@H](c2ccc(C)cc2)NC(=O)N[C@@]1(O)C(F)(F)F. The summed E-state index contributed by atoms with van der Waals surface area (Å²) in [4.78, 5) is 23.8. The lowest BCUT2D eigenvalue weighted by Crippen LogP contribution is -2.73. The van der Waals surface area contributed by atoms with Crippen molar-refractivity contribution >= 4 is 12.0 Å². The van der Waals surface area contributed by atoms with Crippen LogP contribution in [0.5, 0.6) is 0 Å². The van der Waals surface area contributed by atoms with Crippen LogP contribution < -0.4 is 10.6 Å². The molecule has 0 bridgehead atoms. The van der Waals surface area contributed by atoms with Gasteiger partial charge in [-0.05, 0) is 19.4 Å². The van der Waals surface area contributed by atoms with E-state index >= 15 is 0 Å². The highest BCUT2D eigenvalue weighted by Crippen LogP contribution is 2.43. The molecule has 1 aliphatic rings. The number of carbonyl (C=O) groups is 2. The fourth-order valence-electron chi connectivity index (χ4n) is 2.59. The lowest BCUT2D eigenvalue weighted by Gasteiger charge is -2.44. The zero-order chi connectivity index (χ0) is 18.1. The number of hydrogen-bond acceptors (Lipinski definition) is 4. The van der Waals surface area contributed by atoms with Crippen molar-refractivity contribution in [3.63, 3.8) is 0 Å². The number of ether oxygens (including phenoxy) is 1. The van der Waals surface area contributed by atoms with Gasteiger partial charge in [-0.2, -0.15) is 13.2 Å². The molecule has 1 aliphatic heterocycles. The second kappa shape index (κ2) is 6.31. The minimum atomic E-state index is -5.27. The Bertz CT molecular complexity index is 633. The molecule has 1 aromatic rings. The maximum atomic E-state index is 13.4. The molecule has 9 heteroatoms. The van der Waals surface area contributed by atoms with Gasteiger partial charge in [0.15, 0.2) is 0 Å². The van der Waals surface area contributed by atoms with Crippen LogP contribution in [0, 0.1) is 12.8 Å². The van der Waals surface area contributed by atoms with Gasteiger partial charge >= 0.3 is 18.2 Å². The van der Waals surface area contributed by atoms with Gasteiger partial charge in [-0.3, -0.25) is 4.79 Å². The summed E-state index contributed by atoms with van der Waals surface area (Å²) in [7, 11) is 0. The van der Waals surface area contributed by atoms with Gasteiger partial charge in [0.25, 0.3) is 5.72 Å². The first-order valence-electron chi connectivity index (χ1n) is 7.21. The predicted octanol–water partition coefficient (Wildman–Crippen LogP) is 1.78. The van der Waals surface area contributed by atoms with Crippen LogP contribution in [0.3, 0.4) is 0 Å². The second-order valence-corrected chi connectivity index (χ2v) is 5.48. The first-order chi connectivity index (χ1) is 11.1. The molecular weight excluding hydrogens is 329 g/mol. The summed E-state index contributed by atoms with van der Waals surface area (Å²) in [5, 5.41) is 13.8. The number of nitrogens with one attached hydrogen (secondary N) is 2. The van der Waals surface area contributed by atoms with Gasteiger partial charge < -0.3 is 20.5 Å². The van der Waals surface area contributed by atoms with E-state index < -0.39 is 35.9 Å². The highest BCUT2D eigenvalue weighted by atomic mass is 19.4. The van der Waals surface area contributed by atoms with Crippen molar-refractivity contribution in [3.8, 4) is 0 Å². The Morgan fingerprint density at radius 3 is 2.42 bits per heavy atom. The Kier molecular flexibility index (Phi) is 4.75. The summed E-state index contributed by atoms with van der Waals surface area (Å²) in [5.74, 6) is -3.37. The van der Waals surface area contributed by atoms with E-state index in [1.54, 1.807) is 19.1 Å². The number of aryl methyl sites for hydroxylation is 1. The molecule has 24 heavy (non-hydrogen) atoms. The Morgan fingerprint density at radius 1 is 1.33 bits per heavy atom. The number of alkyl halides is 3. The molecule has 0 saturated carbocycles. The van der Waals surface area contributed by atoms with Crippen LogP contribution in [0.2, 0.25) is 0 Å². The number of esters is 1. The van der Waals surface area contributed by atoms with Crippen molar-refractivity contribution in [3.05, 3.63) is 35.4 Å². The monoisotopic (exact) mass is 346 g/mol. The van der Waals surface area contributed by atoms with Gasteiger partial charge in [-0.1, -0.05) is 29.8 Å². The average Bonchev–Trinajstić information content (AvgIpc) is 2.46. The molecule has 6 nitrogen and oxygen atoms in total. The fraction of sp³-hybridized carbons (Fsp3) is 0.467.